The molecule has 0 spiro atoms. The number of hydrogen-bond acceptors (Lipinski definition) is 3. The molecule has 5 nitrogen and oxygen atoms in total. The summed E-state index contributed by atoms with van der Waals surface area (Å²) in [6.45, 7) is 2.79. The van der Waals surface area contributed by atoms with Gasteiger partial charge in [-0.2, -0.15) is 0 Å². The van der Waals surface area contributed by atoms with Crippen molar-refractivity contribution in [1.82, 2.24) is 10.3 Å². The lowest BCUT2D eigenvalue weighted by molar-refractivity contribution is -0.125. The Morgan fingerprint density at radius 1 is 1.40 bits per heavy atom. The second kappa shape index (κ2) is 6.15. The number of fused-ring (bicyclic) bond motifs is 1. The largest absolute Gasteiger partial charge is 0.484 e. The number of carbonyl (C=O) groups is 1. The minimum atomic E-state index is -0.164. The Hall–Kier alpha value is -2.40. The van der Waals surface area contributed by atoms with Gasteiger partial charge in [-0.05, 0) is 37.1 Å². The van der Waals surface area contributed by atoms with Gasteiger partial charge in [0.2, 0.25) is 5.91 Å². The zero-order chi connectivity index (χ0) is 17.4. The first-order chi connectivity index (χ1) is 12.0. The average molecular weight is 359 g/mol. The molecule has 4 rings (SSSR count). The zero-order valence-electron chi connectivity index (χ0n) is 13.9. The summed E-state index contributed by atoms with van der Waals surface area (Å²) in [4.78, 5) is 15.4. The van der Waals surface area contributed by atoms with Crippen LogP contribution in [0, 0.1) is 5.41 Å². The third-order valence-electron chi connectivity index (χ3n) is 4.67. The number of carbonyl (C=O) groups excluding carboxylic acids is 1. The van der Waals surface area contributed by atoms with E-state index in [4.69, 9.17) is 20.8 Å². The molecule has 1 fully saturated rings. The van der Waals surface area contributed by atoms with Crippen LogP contribution in [0.3, 0.4) is 0 Å². The van der Waals surface area contributed by atoms with Gasteiger partial charge in [-0.15, -0.1) is 0 Å². The topological polar surface area (TPSA) is 67.3 Å². The van der Waals surface area contributed by atoms with Gasteiger partial charge in [-0.1, -0.05) is 18.5 Å². The van der Waals surface area contributed by atoms with E-state index < -0.39 is 0 Å². The van der Waals surface area contributed by atoms with Crippen molar-refractivity contribution in [3.63, 3.8) is 0 Å². The maximum absolute atomic E-state index is 12.0. The normalized spacial score (nSPS) is 15.3. The van der Waals surface area contributed by atoms with Gasteiger partial charge < -0.3 is 19.5 Å². The SMILES string of the molecule is CC1(C(=O)NCc2cc3cc(Cl)c(OCc4ccco4)cc3[nH]2)CC1. The zero-order valence-corrected chi connectivity index (χ0v) is 14.7. The third kappa shape index (κ3) is 3.37. The van der Waals surface area contributed by atoms with Gasteiger partial charge >= 0.3 is 0 Å². The summed E-state index contributed by atoms with van der Waals surface area (Å²) in [6.07, 6.45) is 3.55. The van der Waals surface area contributed by atoms with Crippen LogP contribution in [0.15, 0.2) is 41.0 Å². The number of aromatic nitrogens is 1. The van der Waals surface area contributed by atoms with E-state index in [0.717, 1.165) is 35.2 Å². The van der Waals surface area contributed by atoms with Crippen molar-refractivity contribution in [2.24, 2.45) is 5.41 Å². The van der Waals surface area contributed by atoms with Crippen molar-refractivity contribution in [1.29, 1.82) is 0 Å². The summed E-state index contributed by atoms with van der Waals surface area (Å²) >= 11 is 6.31. The fraction of sp³-hybridized carbons (Fsp3) is 0.316. The molecule has 130 valence electrons. The van der Waals surface area contributed by atoms with Crippen molar-refractivity contribution in [2.45, 2.75) is 32.9 Å². The highest BCUT2D eigenvalue weighted by molar-refractivity contribution is 6.32. The van der Waals surface area contributed by atoms with Crippen LogP contribution in [-0.4, -0.2) is 10.9 Å². The molecule has 0 atom stereocenters. The molecule has 0 saturated heterocycles. The predicted octanol–water partition coefficient (Wildman–Crippen LogP) is 4.41. The molecule has 0 bridgehead atoms. The van der Waals surface area contributed by atoms with Crippen LogP contribution in [0.4, 0.5) is 0 Å². The van der Waals surface area contributed by atoms with Crippen molar-refractivity contribution < 1.29 is 13.9 Å². The lowest BCUT2D eigenvalue weighted by Crippen LogP contribution is -2.29. The van der Waals surface area contributed by atoms with E-state index in [1.165, 1.54) is 0 Å². The minimum absolute atomic E-state index is 0.117. The molecule has 3 aromatic rings. The molecular weight excluding hydrogens is 340 g/mol. The monoisotopic (exact) mass is 358 g/mol. The number of halogens is 1. The fourth-order valence-electron chi connectivity index (χ4n) is 2.75. The van der Waals surface area contributed by atoms with E-state index in [2.05, 4.69) is 10.3 Å². The molecule has 1 aliphatic carbocycles. The Morgan fingerprint density at radius 3 is 2.96 bits per heavy atom. The van der Waals surface area contributed by atoms with Crippen LogP contribution in [0.1, 0.15) is 31.2 Å². The number of hydrogen-bond donors (Lipinski definition) is 2. The van der Waals surface area contributed by atoms with Gasteiger partial charge in [-0.3, -0.25) is 4.79 Å². The van der Waals surface area contributed by atoms with Gasteiger partial charge in [0.15, 0.2) is 0 Å². The number of H-pyrrole nitrogens is 1. The maximum Gasteiger partial charge on any atom is 0.226 e. The summed E-state index contributed by atoms with van der Waals surface area (Å²) < 4.78 is 11.0. The Balaban J connectivity index is 1.47. The predicted molar refractivity (Wildman–Crippen MR) is 95.5 cm³/mol. The summed E-state index contributed by atoms with van der Waals surface area (Å²) in [5.41, 5.74) is 1.69. The quantitative estimate of drug-likeness (QED) is 0.685. The smallest absolute Gasteiger partial charge is 0.226 e. The molecule has 0 unspecified atom stereocenters. The van der Waals surface area contributed by atoms with E-state index in [1.54, 1.807) is 6.26 Å². The highest BCUT2D eigenvalue weighted by Gasteiger charge is 2.44. The van der Waals surface area contributed by atoms with Gasteiger partial charge in [0.05, 0.1) is 17.8 Å². The average Bonchev–Trinajstić information content (AvgIpc) is 3.01. The Morgan fingerprint density at radius 2 is 2.24 bits per heavy atom. The number of rotatable bonds is 6. The number of benzene rings is 1. The maximum atomic E-state index is 12.0. The summed E-state index contributed by atoms with van der Waals surface area (Å²) in [5, 5.41) is 4.51. The summed E-state index contributed by atoms with van der Waals surface area (Å²) in [6, 6.07) is 9.39. The lowest BCUT2D eigenvalue weighted by atomic mass is 10.1. The van der Waals surface area contributed by atoms with Crippen LogP contribution in [0.2, 0.25) is 5.02 Å². The molecule has 1 saturated carbocycles. The van der Waals surface area contributed by atoms with Crippen LogP contribution < -0.4 is 10.1 Å². The first-order valence-electron chi connectivity index (χ1n) is 8.28. The van der Waals surface area contributed by atoms with Crippen LogP contribution in [0.25, 0.3) is 10.9 Å². The Bertz CT molecular complexity index is 910. The van der Waals surface area contributed by atoms with Crippen LogP contribution in [-0.2, 0) is 17.9 Å². The highest BCUT2D eigenvalue weighted by Crippen LogP contribution is 2.45. The molecule has 2 N–H and O–H groups in total. The van der Waals surface area contributed by atoms with Crippen molar-refractivity contribution >= 4 is 28.4 Å². The lowest BCUT2D eigenvalue weighted by Gasteiger charge is -2.08. The summed E-state index contributed by atoms with van der Waals surface area (Å²) in [5.74, 6) is 1.44. The molecule has 0 radical (unpaired) electrons. The first-order valence-corrected chi connectivity index (χ1v) is 8.66. The second-order valence-corrected chi connectivity index (χ2v) is 7.18. The van der Waals surface area contributed by atoms with Crippen molar-refractivity contribution in [3.05, 3.63) is 53.1 Å². The molecule has 25 heavy (non-hydrogen) atoms. The molecule has 1 amide bonds. The van der Waals surface area contributed by atoms with E-state index in [1.807, 2.05) is 37.3 Å². The molecule has 6 heteroatoms. The van der Waals surface area contributed by atoms with E-state index in [9.17, 15) is 4.79 Å². The third-order valence-corrected chi connectivity index (χ3v) is 4.96. The first kappa shape index (κ1) is 16.1. The number of aromatic amines is 1. The van der Waals surface area contributed by atoms with E-state index >= 15 is 0 Å². The molecule has 0 aliphatic heterocycles. The Kier molecular flexibility index (Phi) is 3.96. The highest BCUT2D eigenvalue weighted by atomic mass is 35.5. The Labute approximate surface area is 150 Å². The standard InChI is InChI=1S/C19H19ClN2O3/c1-19(4-5-19)18(23)21-10-13-7-12-8-15(20)17(9-16(12)22-13)25-11-14-3-2-6-24-14/h2-3,6-9,22H,4-5,10-11H2,1H3,(H,21,23). The number of ether oxygens (including phenoxy) is 1. The number of nitrogens with one attached hydrogen (secondary N) is 2. The molecule has 1 aliphatic rings. The second-order valence-electron chi connectivity index (χ2n) is 6.78. The minimum Gasteiger partial charge on any atom is -0.484 e. The van der Waals surface area contributed by atoms with Crippen LogP contribution >= 0.6 is 11.6 Å². The van der Waals surface area contributed by atoms with Gasteiger partial charge in [-0.25, -0.2) is 0 Å². The number of furan rings is 1. The summed E-state index contributed by atoms with van der Waals surface area (Å²) in [7, 11) is 0. The molecule has 2 aromatic heterocycles. The molecular formula is C19H19ClN2O3. The van der Waals surface area contributed by atoms with Gasteiger partial charge in [0, 0.05) is 28.1 Å². The van der Waals surface area contributed by atoms with E-state index in [0.29, 0.717) is 23.9 Å². The van der Waals surface area contributed by atoms with Crippen molar-refractivity contribution in [3.8, 4) is 5.75 Å². The van der Waals surface area contributed by atoms with Gasteiger partial charge in [0.25, 0.3) is 0 Å². The molecule has 2 heterocycles. The van der Waals surface area contributed by atoms with Gasteiger partial charge in [0.1, 0.15) is 18.1 Å². The number of amides is 1. The van der Waals surface area contributed by atoms with E-state index in [-0.39, 0.29) is 11.3 Å². The van der Waals surface area contributed by atoms with Crippen molar-refractivity contribution in [2.75, 3.05) is 0 Å². The van der Waals surface area contributed by atoms with Crippen LogP contribution in [0.5, 0.6) is 5.75 Å². The molecule has 1 aromatic carbocycles. The fourth-order valence-corrected chi connectivity index (χ4v) is 2.97.